The van der Waals surface area contributed by atoms with Crippen LogP contribution in [0.1, 0.15) is 19.4 Å². The zero-order valence-electron chi connectivity index (χ0n) is 11.2. The van der Waals surface area contributed by atoms with Crippen molar-refractivity contribution in [2.75, 3.05) is 6.54 Å². The molecule has 5 heteroatoms. The van der Waals surface area contributed by atoms with Crippen LogP contribution in [0.5, 0.6) is 0 Å². The summed E-state index contributed by atoms with van der Waals surface area (Å²) < 4.78 is 0. The van der Waals surface area contributed by atoms with Gasteiger partial charge in [0.25, 0.3) is 0 Å². The molecule has 19 heavy (non-hydrogen) atoms. The summed E-state index contributed by atoms with van der Waals surface area (Å²) in [5.74, 6) is -1.51. The van der Waals surface area contributed by atoms with E-state index >= 15 is 0 Å². The van der Waals surface area contributed by atoms with Crippen molar-refractivity contribution in [1.82, 2.24) is 10.6 Å². The first-order valence-corrected chi connectivity index (χ1v) is 6.30. The van der Waals surface area contributed by atoms with Gasteiger partial charge in [-0.25, -0.2) is 4.79 Å². The van der Waals surface area contributed by atoms with Gasteiger partial charge < -0.3 is 15.7 Å². The Morgan fingerprint density at radius 3 is 2.42 bits per heavy atom. The molecular formula is C14H20N2O3. The predicted molar refractivity (Wildman–Crippen MR) is 72.9 cm³/mol. The summed E-state index contributed by atoms with van der Waals surface area (Å²) in [6.07, 6.45) is 0.739. The van der Waals surface area contributed by atoms with Crippen LogP contribution in [0.4, 0.5) is 4.79 Å². The summed E-state index contributed by atoms with van der Waals surface area (Å²) in [5, 5.41) is 14.0. The van der Waals surface area contributed by atoms with E-state index in [2.05, 4.69) is 10.6 Å². The maximum absolute atomic E-state index is 11.6. The molecule has 0 saturated carbocycles. The van der Waals surface area contributed by atoms with Crippen LogP contribution in [-0.2, 0) is 11.2 Å². The van der Waals surface area contributed by atoms with Crippen molar-refractivity contribution in [3.05, 3.63) is 35.9 Å². The summed E-state index contributed by atoms with van der Waals surface area (Å²) in [4.78, 5) is 22.2. The Balaban J connectivity index is 2.30. The number of carbonyl (C=O) groups excluding carboxylic acids is 1. The molecule has 0 aliphatic heterocycles. The van der Waals surface area contributed by atoms with Gasteiger partial charge in [-0.05, 0) is 18.9 Å². The minimum Gasteiger partial charge on any atom is -0.481 e. The summed E-state index contributed by atoms with van der Waals surface area (Å²) >= 11 is 0. The average molecular weight is 264 g/mol. The third-order valence-corrected chi connectivity index (χ3v) is 2.75. The van der Waals surface area contributed by atoms with Crippen molar-refractivity contribution in [2.45, 2.75) is 26.3 Å². The molecule has 2 unspecified atom stereocenters. The first kappa shape index (κ1) is 15.0. The molecule has 0 spiro atoms. The van der Waals surface area contributed by atoms with Gasteiger partial charge in [-0.3, -0.25) is 4.79 Å². The number of hydrogen-bond donors (Lipinski definition) is 3. The lowest BCUT2D eigenvalue weighted by atomic mass is 10.1. The number of carboxylic acid groups (broad SMARTS) is 1. The molecule has 1 aromatic rings. The van der Waals surface area contributed by atoms with Gasteiger partial charge in [0, 0.05) is 12.6 Å². The number of rotatable bonds is 6. The van der Waals surface area contributed by atoms with Crippen molar-refractivity contribution >= 4 is 12.0 Å². The van der Waals surface area contributed by atoms with Gasteiger partial charge in [0.05, 0.1) is 5.92 Å². The normalized spacial score (nSPS) is 13.4. The van der Waals surface area contributed by atoms with E-state index in [1.54, 1.807) is 6.92 Å². The number of hydrogen-bond acceptors (Lipinski definition) is 2. The van der Waals surface area contributed by atoms with E-state index < -0.39 is 11.9 Å². The van der Waals surface area contributed by atoms with E-state index in [4.69, 9.17) is 5.11 Å². The highest BCUT2D eigenvalue weighted by molar-refractivity contribution is 5.75. The number of carboxylic acids is 1. The fourth-order valence-electron chi connectivity index (χ4n) is 1.63. The zero-order valence-corrected chi connectivity index (χ0v) is 11.2. The lowest BCUT2D eigenvalue weighted by molar-refractivity contribution is -0.140. The molecule has 3 N–H and O–H groups in total. The molecule has 0 aromatic heterocycles. The lowest BCUT2D eigenvalue weighted by Crippen LogP contribution is -2.43. The second kappa shape index (κ2) is 7.41. The minimum atomic E-state index is -0.919. The van der Waals surface area contributed by atoms with E-state index in [9.17, 15) is 9.59 Å². The largest absolute Gasteiger partial charge is 0.481 e. The number of carbonyl (C=O) groups is 2. The summed E-state index contributed by atoms with van der Waals surface area (Å²) in [7, 11) is 0. The third-order valence-electron chi connectivity index (χ3n) is 2.75. The number of urea groups is 1. The quantitative estimate of drug-likeness (QED) is 0.731. The van der Waals surface area contributed by atoms with Crippen LogP contribution in [0.15, 0.2) is 30.3 Å². The van der Waals surface area contributed by atoms with E-state index in [0.29, 0.717) is 0 Å². The van der Waals surface area contributed by atoms with Crippen molar-refractivity contribution < 1.29 is 14.7 Å². The minimum absolute atomic E-state index is 0.0115. The standard InChI is InChI=1S/C14H20N2O3/c1-10(13(17)18)9-15-14(19)16-11(2)8-12-6-4-3-5-7-12/h3-7,10-11H,8-9H2,1-2H3,(H,17,18)(H2,15,16,19). The SMILES string of the molecule is CC(Cc1ccccc1)NC(=O)NCC(C)C(=O)O. The Bertz CT molecular complexity index is 420. The molecule has 0 saturated heterocycles. The second-order valence-electron chi connectivity index (χ2n) is 4.68. The molecule has 1 rings (SSSR count). The van der Waals surface area contributed by atoms with Crippen molar-refractivity contribution in [1.29, 1.82) is 0 Å². The summed E-state index contributed by atoms with van der Waals surface area (Å²) in [6.45, 7) is 3.59. The smallest absolute Gasteiger partial charge is 0.315 e. The van der Waals surface area contributed by atoms with Crippen LogP contribution in [0.3, 0.4) is 0 Å². The topological polar surface area (TPSA) is 78.4 Å². The van der Waals surface area contributed by atoms with Crippen LogP contribution in [0.25, 0.3) is 0 Å². The Morgan fingerprint density at radius 2 is 1.84 bits per heavy atom. The molecule has 5 nitrogen and oxygen atoms in total. The van der Waals surface area contributed by atoms with E-state index in [1.165, 1.54) is 0 Å². The highest BCUT2D eigenvalue weighted by Crippen LogP contribution is 2.02. The molecule has 2 amide bonds. The molecule has 0 bridgehead atoms. The van der Waals surface area contributed by atoms with Gasteiger partial charge in [0.15, 0.2) is 0 Å². The second-order valence-corrected chi connectivity index (χ2v) is 4.68. The fourth-order valence-corrected chi connectivity index (χ4v) is 1.63. The number of nitrogens with one attached hydrogen (secondary N) is 2. The maximum Gasteiger partial charge on any atom is 0.315 e. The van der Waals surface area contributed by atoms with E-state index in [1.807, 2.05) is 37.3 Å². The highest BCUT2D eigenvalue weighted by Gasteiger charge is 2.13. The van der Waals surface area contributed by atoms with Gasteiger partial charge in [-0.15, -0.1) is 0 Å². The molecular weight excluding hydrogens is 244 g/mol. The lowest BCUT2D eigenvalue weighted by Gasteiger charge is -2.15. The molecule has 104 valence electrons. The van der Waals surface area contributed by atoms with Crippen LogP contribution in [-0.4, -0.2) is 29.7 Å². The van der Waals surface area contributed by atoms with Gasteiger partial charge in [0.1, 0.15) is 0 Å². The van der Waals surface area contributed by atoms with Crippen LogP contribution in [0, 0.1) is 5.92 Å². The fraction of sp³-hybridized carbons (Fsp3) is 0.429. The summed E-state index contributed by atoms with van der Waals surface area (Å²) in [5.41, 5.74) is 1.15. The number of aliphatic carboxylic acids is 1. The maximum atomic E-state index is 11.6. The Hall–Kier alpha value is -2.04. The Kier molecular flexibility index (Phi) is 5.85. The first-order chi connectivity index (χ1) is 8.99. The van der Waals surface area contributed by atoms with Crippen molar-refractivity contribution in [3.8, 4) is 0 Å². The van der Waals surface area contributed by atoms with Gasteiger partial charge >= 0.3 is 12.0 Å². The molecule has 0 radical (unpaired) electrons. The summed E-state index contributed by atoms with van der Waals surface area (Å²) in [6, 6.07) is 9.51. The zero-order chi connectivity index (χ0) is 14.3. The third kappa shape index (κ3) is 5.90. The average Bonchev–Trinajstić information content (AvgIpc) is 2.36. The van der Waals surface area contributed by atoms with Crippen molar-refractivity contribution in [3.63, 3.8) is 0 Å². The van der Waals surface area contributed by atoms with Gasteiger partial charge in [-0.1, -0.05) is 37.3 Å². The molecule has 2 atom stereocenters. The monoisotopic (exact) mass is 264 g/mol. The van der Waals surface area contributed by atoms with E-state index in [0.717, 1.165) is 12.0 Å². The molecule has 0 aliphatic rings. The van der Waals surface area contributed by atoms with Gasteiger partial charge in [-0.2, -0.15) is 0 Å². The van der Waals surface area contributed by atoms with Crippen LogP contribution >= 0.6 is 0 Å². The van der Waals surface area contributed by atoms with Crippen LogP contribution < -0.4 is 10.6 Å². The molecule has 1 aromatic carbocycles. The van der Waals surface area contributed by atoms with E-state index in [-0.39, 0.29) is 18.6 Å². The number of benzene rings is 1. The Labute approximate surface area is 113 Å². The predicted octanol–water partition coefficient (Wildman–Crippen LogP) is 1.64. The molecule has 0 aliphatic carbocycles. The molecule has 0 fully saturated rings. The first-order valence-electron chi connectivity index (χ1n) is 6.30. The molecule has 0 heterocycles. The van der Waals surface area contributed by atoms with Crippen molar-refractivity contribution in [2.24, 2.45) is 5.92 Å². The van der Waals surface area contributed by atoms with Crippen LogP contribution in [0.2, 0.25) is 0 Å². The van der Waals surface area contributed by atoms with Gasteiger partial charge in [0.2, 0.25) is 0 Å². The number of amides is 2. The Morgan fingerprint density at radius 1 is 1.21 bits per heavy atom. The highest BCUT2D eigenvalue weighted by atomic mass is 16.4.